The molecule has 2 saturated heterocycles. The molecule has 1 spiro atoms. The summed E-state index contributed by atoms with van der Waals surface area (Å²) in [5.41, 5.74) is -3.99. The number of hydrogen-bond acceptors (Lipinski definition) is 5. The molecule has 0 unspecified atom stereocenters. The van der Waals surface area contributed by atoms with E-state index >= 15 is 0 Å². The van der Waals surface area contributed by atoms with E-state index in [1.165, 1.54) is 25.0 Å². The maximum atomic E-state index is 13.0. The highest BCUT2D eigenvalue weighted by molar-refractivity contribution is 7.92. The van der Waals surface area contributed by atoms with Crippen LogP contribution in [-0.4, -0.2) is 71.1 Å². The van der Waals surface area contributed by atoms with E-state index in [2.05, 4.69) is 10.2 Å². The van der Waals surface area contributed by atoms with Crippen molar-refractivity contribution in [1.29, 1.82) is 0 Å². The van der Waals surface area contributed by atoms with Crippen LogP contribution in [0.2, 0.25) is 0 Å². The highest BCUT2D eigenvalue weighted by Crippen LogP contribution is 2.77. The Bertz CT molecular complexity index is 1440. The number of likely N-dealkylation sites (tertiary alicyclic amines) is 2. The van der Waals surface area contributed by atoms with Gasteiger partial charge in [-0.25, -0.2) is 18.2 Å². The Hall–Kier alpha value is -2.63. The van der Waals surface area contributed by atoms with Gasteiger partial charge in [0.25, 0.3) is 9.84 Å². The summed E-state index contributed by atoms with van der Waals surface area (Å²) in [6.07, 6.45) is 7.37. The van der Waals surface area contributed by atoms with Crippen LogP contribution in [0.3, 0.4) is 0 Å². The number of nitrogens with zero attached hydrogens (tertiary/aromatic N) is 4. The lowest BCUT2D eigenvalue weighted by Crippen LogP contribution is -2.74. The number of nitrogens with one attached hydrogen (secondary N) is 1. The highest BCUT2D eigenvalue weighted by atomic mass is 32.2. The fourth-order valence-electron chi connectivity index (χ4n) is 8.28. The Morgan fingerprint density at radius 1 is 0.974 bits per heavy atom. The number of urea groups is 1. The molecular weight excluding hydrogens is 531 g/mol. The molecule has 0 atom stereocenters. The first-order valence-electron chi connectivity index (χ1n) is 13.8. The minimum Gasteiger partial charge on any atom is -0.324 e. The van der Waals surface area contributed by atoms with Crippen LogP contribution in [0.1, 0.15) is 74.0 Å². The SMILES string of the molecule is O=C(N1CC(C23CC(c4ccc(S(=O)(=O)C(F)(F)F)cc4)(C2)C3)C1)N1CC2(CC(c3n[nH]c(C4CC4)n3)C2)C1. The van der Waals surface area contributed by atoms with Crippen molar-refractivity contribution < 1.29 is 26.4 Å². The normalized spacial score (nSPS) is 31.7. The molecule has 2 bridgehead atoms. The number of carbonyl (C=O) groups is 1. The number of sulfone groups is 1. The van der Waals surface area contributed by atoms with Crippen molar-refractivity contribution >= 4 is 15.9 Å². The molecule has 1 aromatic heterocycles. The number of H-pyrrole nitrogens is 1. The molecule has 7 fully saturated rings. The number of carbonyl (C=O) groups excluding carboxylic acids is 1. The van der Waals surface area contributed by atoms with Crippen molar-refractivity contribution in [1.82, 2.24) is 25.0 Å². The lowest BCUT2D eigenvalue weighted by atomic mass is 9.30. The first-order valence-corrected chi connectivity index (χ1v) is 15.3. The third-order valence-electron chi connectivity index (χ3n) is 10.7. The van der Waals surface area contributed by atoms with Crippen molar-refractivity contribution in [3.05, 3.63) is 41.5 Å². The van der Waals surface area contributed by atoms with Crippen molar-refractivity contribution in [3.8, 4) is 0 Å². The van der Waals surface area contributed by atoms with E-state index in [1.807, 2.05) is 9.80 Å². The van der Waals surface area contributed by atoms with Crippen LogP contribution in [0, 0.1) is 16.7 Å². The summed E-state index contributed by atoms with van der Waals surface area (Å²) in [6, 6.07) is 5.37. The molecule has 208 valence electrons. The molecule has 8 nitrogen and oxygen atoms in total. The summed E-state index contributed by atoms with van der Waals surface area (Å²) in [6.45, 7) is 3.17. The van der Waals surface area contributed by atoms with Gasteiger partial charge in [0.1, 0.15) is 5.82 Å². The number of amides is 2. The third kappa shape index (κ3) is 3.35. The highest BCUT2D eigenvalue weighted by Gasteiger charge is 2.72. The fraction of sp³-hybridized carbons (Fsp3) is 0.667. The Morgan fingerprint density at radius 2 is 1.62 bits per heavy atom. The van der Waals surface area contributed by atoms with Crippen molar-refractivity contribution in [3.63, 3.8) is 0 Å². The van der Waals surface area contributed by atoms with Gasteiger partial charge in [0.15, 0.2) is 5.82 Å². The quantitative estimate of drug-likeness (QED) is 0.586. The standard InChI is InChI=1S/C27H30F3N5O3S/c28-27(29,30)39(37,38)20-5-3-18(4-6-20)25-11-26(12-25,13-25)19-9-34(10-19)23(36)35-14-24(15-35)7-17(8-24)22-31-21(32-33-22)16-1-2-16/h3-6,16-17,19H,1-2,7-15H2,(H,31,32,33). The minimum absolute atomic E-state index is 0.0574. The Morgan fingerprint density at radius 3 is 2.21 bits per heavy atom. The number of rotatable bonds is 5. The molecule has 9 rings (SSSR count). The van der Waals surface area contributed by atoms with Gasteiger partial charge >= 0.3 is 11.5 Å². The lowest BCUT2D eigenvalue weighted by Gasteiger charge is -2.76. The second kappa shape index (κ2) is 7.36. The van der Waals surface area contributed by atoms with Crippen LogP contribution in [-0.2, 0) is 15.3 Å². The van der Waals surface area contributed by atoms with E-state index in [0.29, 0.717) is 17.8 Å². The predicted molar refractivity (Wildman–Crippen MR) is 132 cm³/mol. The molecule has 0 radical (unpaired) electrons. The van der Waals surface area contributed by atoms with Crippen LogP contribution in [0.5, 0.6) is 0 Å². The van der Waals surface area contributed by atoms with E-state index in [-0.39, 0.29) is 22.3 Å². The smallest absolute Gasteiger partial charge is 0.324 e. The van der Waals surface area contributed by atoms with Gasteiger partial charge in [0.2, 0.25) is 0 Å². The molecule has 7 aliphatic rings. The van der Waals surface area contributed by atoms with E-state index in [0.717, 1.165) is 87.6 Å². The van der Waals surface area contributed by atoms with Gasteiger partial charge in [-0.1, -0.05) is 12.1 Å². The first-order chi connectivity index (χ1) is 18.4. The number of benzene rings is 1. The predicted octanol–water partition coefficient (Wildman–Crippen LogP) is 4.33. The topological polar surface area (TPSA) is 99.3 Å². The van der Waals surface area contributed by atoms with Gasteiger partial charge in [0, 0.05) is 43.4 Å². The number of hydrogen-bond donors (Lipinski definition) is 1. The van der Waals surface area contributed by atoms with Gasteiger partial charge in [-0.15, -0.1) is 0 Å². The van der Waals surface area contributed by atoms with Gasteiger partial charge in [-0.05, 0) is 79.4 Å². The van der Waals surface area contributed by atoms with Crippen molar-refractivity contribution in [2.75, 3.05) is 26.2 Å². The molecule has 39 heavy (non-hydrogen) atoms. The second-order valence-electron chi connectivity index (χ2n) is 13.3. The third-order valence-corrected chi connectivity index (χ3v) is 12.2. The van der Waals surface area contributed by atoms with E-state index in [9.17, 15) is 26.4 Å². The number of aromatic amines is 1. The van der Waals surface area contributed by atoms with Gasteiger partial charge in [-0.3, -0.25) is 5.10 Å². The molecule has 2 aliphatic heterocycles. The van der Waals surface area contributed by atoms with Crippen molar-refractivity contribution in [2.24, 2.45) is 16.7 Å². The zero-order valence-corrected chi connectivity index (χ0v) is 22.2. The molecule has 1 N–H and O–H groups in total. The summed E-state index contributed by atoms with van der Waals surface area (Å²) in [5, 5.41) is 7.53. The fourth-order valence-corrected chi connectivity index (χ4v) is 9.05. The second-order valence-corrected chi connectivity index (χ2v) is 15.3. The maximum absolute atomic E-state index is 13.0. The number of halogens is 3. The zero-order chi connectivity index (χ0) is 27.0. The van der Waals surface area contributed by atoms with Crippen LogP contribution in [0.15, 0.2) is 29.2 Å². The maximum Gasteiger partial charge on any atom is 0.501 e. The van der Waals surface area contributed by atoms with Gasteiger partial charge < -0.3 is 9.80 Å². The minimum atomic E-state index is -5.32. The van der Waals surface area contributed by atoms with Crippen LogP contribution in [0.25, 0.3) is 0 Å². The largest absolute Gasteiger partial charge is 0.501 e. The number of alkyl halides is 3. The Labute approximate surface area is 224 Å². The summed E-state index contributed by atoms with van der Waals surface area (Å²) in [7, 11) is -5.32. The van der Waals surface area contributed by atoms with Crippen LogP contribution >= 0.6 is 0 Å². The molecule has 12 heteroatoms. The molecule has 2 amide bonds. The average Bonchev–Trinajstić information content (AvgIpc) is 3.48. The van der Waals surface area contributed by atoms with E-state index in [4.69, 9.17) is 4.98 Å². The monoisotopic (exact) mass is 561 g/mol. The molecule has 5 aliphatic carbocycles. The zero-order valence-electron chi connectivity index (χ0n) is 21.4. The summed E-state index contributed by atoms with van der Waals surface area (Å²) >= 11 is 0. The molecule has 3 heterocycles. The van der Waals surface area contributed by atoms with Crippen molar-refractivity contribution in [2.45, 2.75) is 72.6 Å². The lowest BCUT2D eigenvalue weighted by molar-refractivity contribution is -0.208. The molecule has 2 aromatic rings. The van der Waals surface area contributed by atoms with E-state index in [1.54, 1.807) is 0 Å². The van der Waals surface area contributed by atoms with E-state index < -0.39 is 20.2 Å². The first kappa shape index (κ1) is 24.2. The molecule has 5 saturated carbocycles. The Balaban J connectivity index is 0.807. The summed E-state index contributed by atoms with van der Waals surface area (Å²) in [4.78, 5) is 20.9. The molecule has 1 aromatic carbocycles. The Kier molecular flexibility index (Phi) is 4.56. The van der Waals surface area contributed by atoms with Gasteiger partial charge in [0.05, 0.1) is 4.90 Å². The summed E-state index contributed by atoms with van der Waals surface area (Å²) < 4.78 is 61.8. The van der Waals surface area contributed by atoms with Gasteiger partial charge in [-0.2, -0.15) is 18.3 Å². The van der Waals surface area contributed by atoms with Crippen LogP contribution in [0.4, 0.5) is 18.0 Å². The average molecular weight is 562 g/mol. The summed E-state index contributed by atoms with van der Waals surface area (Å²) in [5.74, 6) is 3.42. The number of aromatic nitrogens is 3. The van der Waals surface area contributed by atoms with Crippen LogP contribution < -0.4 is 0 Å². The molecular formula is C27H30F3N5O3S.